The molecule has 0 saturated carbocycles. The Hall–Kier alpha value is -2.95. The van der Waals surface area contributed by atoms with E-state index in [4.69, 9.17) is 4.74 Å². The van der Waals surface area contributed by atoms with Gasteiger partial charge in [-0.25, -0.2) is 0 Å². The van der Waals surface area contributed by atoms with Crippen molar-refractivity contribution in [2.75, 3.05) is 25.0 Å². The zero-order chi connectivity index (χ0) is 22.4. The van der Waals surface area contributed by atoms with Crippen molar-refractivity contribution in [1.29, 1.82) is 0 Å². The van der Waals surface area contributed by atoms with Crippen LogP contribution in [0.5, 0.6) is 0 Å². The van der Waals surface area contributed by atoms with Crippen LogP contribution in [0.2, 0.25) is 0 Å². The van der Waals surface area contributed by atoms with Crippen LogP contribution in [0, 0.1) is 0 Å². The van der Waals surface area contributed by atoms with E-state index in [0.29, 0.717) is 6.61 Å². The van der Waals surface area contributed by atoms with Gasteiger partial charge in [-0.05, 0) is 66.7 Å². The van der Waals surface area contributed by atoms with Gasteiger partial charge in [0.2, 0.25) is 5.91 Å². The van der Waals surface area contributed by atoms with Gasteiger partial charge < -0.3 is 15.4 Å². The molecule has 0 aliphatic carbocycles. The van der Waals surface area contributed by atoms with Crippen molar-refractivity contribution in [3.63, 3.8) is 0 Å². The molecule has 3 rings (SSSR count). The van der Waals surface area contributed by atoms with Gasteiger partial charge in [0.05, 0.1) is 6.61 Å². The Balaban J connectivity index is 1.34. The van der Waals surface area contributed by atoms with Crippen molar-refractivity contribution < 1.29 is 9.53 Å². The molecule has 0 atom stereocenters. The predicted octanol–water partition coefficient (Wildman–Crippen LogP) is 5.17. The molecule has 0 unspecified atom stereocenters. The van der Waals surface area contributed by atoms with Crippen molar-refractivity contribution in [3.8, 4) is 0 Å². The van der Waals surface area contributed by atoms with E-state index in [1.807, 2.05) is 36.4 Å². The van der Waals surface area contributed by atoms with Gasteiger partial charge in [0.25, 0.3) is 0 Å². The van der Waals surface area contributed by atoms with Gasteiger partial charge >= 0.3 is 0 Å². The van der Waals surface area contributed by atoms with Gasteiger partial charge in [-0.1, -0.05) is 80.1 Å². The van der Waals surface area contributed by atoms with Gasteiger partial charge in [0.1, 0.15) is 6.61 Å². The molecule has 0 spiro atoms. The van der Waals surface area contributed by atoms with Crippen LogP contribution < -0.4 is 10.6 Å². The van der Waals surface area contributed by atoms with Crippen LogP contribution in [0.4, 0.5) is 5.69 Å². The third kappa shape index (κ3) is 8.29. The van der Waals surface area contributed by atoms with Crippen LogP contribution in [0.3, 0.4) is 0 Å². The van der Waals surface area contributed by atoms with Gasteiger partial charge in [-0.3, -0.25) is 4.79 Å². The third-order valence-corrected chi connectivity index (χ3v) is 5.35. The molecule has 168 valence electrons. The highest BCUT2D eigenvalue weighted by atomic mass is 16.5. The fraction of sp³-hybridized carbons (Fsp3) is 0.321. The van der Waals surface area contributed by atoms with Crippen LogP contribution in [-0.2, 0) is 35.4 Å². The number of amides is 1. The summed E-state index contributed by atoms with van der Waals surface area (Å²) in [6.07, 6.45) is 4.37. The number of benzene rings is 3. The van der Waals surface area contributed by atoms with Gasteiger partial charge in [0.15, 0.2) is 0 Å². The molecule has 0 fully saturated rings. The van der Waals surface area contributed by atoms with Crippen LogP contribution in [0.25, 0.3) is 0 Å². The monoisotopic (exact) mass is 430 g/mol. The van der Waals surface area contributed by atoms with Gasteiger partial charge in [-0.15, -0.1) is 0 Å². The number of carbonyl (C=O) groups is 1. The average Bonchev–Trinajstić information content (AvgIpc) is 2.81. The Labute approximate surface area is 192 Å². The summed E-state index contributed by atoms with van der Waals surface area (Å²) >= 11 is 0. The number of carbonyl (C=O) groups excluding carboxylic acids is 1. The van der Waals surface area contributed by atoms with E-state index in [1.54, 1.807) is 0 Å². The molecule has 3 aromatic rings. The van der Waals surface area contributed by atoms with Gasteiger partial charge in [0, 0.05) is 5.69 Å². The molecule has 0 aliphatic heterocycles. The minimum Gasteiger partial charge on any atom is -0.367 e. The van der Waals surface area contributed by atoms with Crippen molar-refractivity contribution in [2.24, 2.45) is 0 Å². The summed E-state index contributed by atoms with van der Waals surface area (Å²) in [6.45, 7) is 4.63. The molecule has 4 heteroatoms. The molecule has 32 heavy (non-hydrogen) atoms. The van der Waals surface area contributed by atoms with E-state index < -0.39 is 0 Å². The fourth-order valence-electron chi connectivity index (χ4n) is 3.75. The molecular formula is C28H34N2O2. The summed E-state index contributed by atoms with van der Waals surface area (Å²) in [7, 11) is 0. The second kappa shape index (κ2) is 13.5. The van der Waals surface area contributed by atoms with Crippen molar-refractivity contribution >= 4 is 11.6 Å². The second-order valence-electron chi connectivity index (χ2n) is 8.00. The summed E-state index contributed by atoms with van der Waals surface area (Å²) in [5, 5.41) is 6.40. The van der Waals surface area contributed by atoms with E-state index in [1.165, 1.54) is 23.1 Å². The normalized spacial score (nSPS) is 10.8. The van der Waals surface area contributed by atoms with Crippen molar-refractivity contribution in [2.45, 2.75) is 39.2 Å². The Bertz CT molecular complexity index is 956. The van der Waals surface area contributed by atoms with Crippen LogP contribution in [0.1, 0.15) is 35.6 Å². The Morgan fingerprint density at radius 2 is 1.47 bits per heavy atom. The highest BCUT2D eigenvalue weighted by Crippen LogP contribution is 2.12. The summed E-state index contributed by atoms with van der Waals surface area (Å²) in [6, 6.07) is 26.6. The number of anilines is 1. The zero-order valence-corrected chi connectivity index (χ0v) is 19.0. The lowest BCUT2D eigenvalue weighted by Crippen LogP contribution is -2.20. The van der Waals surface area contributed by atoms with Crippen LogP contribution in [0.15, 0.2) is 78.9 Å². The molecule has 2 N–H and O–H groups in total. The maximum absolute atomic E-state index is 12.0. The SMILES string of the molecule is CCCc1ccccc1CCNCCc1cccc(COCC(=O)Nc2ccccc2)c1. The maximum Gasteiger partial charge on any atom is 0.250 e. The number of hydrogen-bond acceptors (Lipinski definition) is 3. The second-order valence-corrected chi connectivity index (χ2v) is 8.00. The van der Waals surface area contributed by atoms with E-state index in [2.05, 4.69) is 60.0 Å². The largest absolute Gasteiger partial charge is 0.367 e. The zero-order valence-electron chi connectivity index (χ0n) is 19.0. The first-order chi connectivity index (χ1) is 15.7. The van der Waals surface area contributed by atoms with Crippen molar-refractivity contribution in [3.05, 3.63) is 101 Å². The average molecular weight is 431 g/mol. The smallest absolute Gasteiger partial charge is 0.250 e. The summed E-state index contributed by atoms with van der Waals surface area (Å²) in [5.41, 5.74) is 6.07. The molecule has 0 saturated heterocycles. The lowest BCUT2D eigenvalue weighted by molar-refractivity contribution is -0.121. The van der Waals surface area contributed by atoms with Crippen molar-refractivity contribution in [1.82, 2.24) is 5.32 Å². The summed E-state index contributed by atoms with van der Waals surface area (Å²) in [4.78, 5) is 12.0. The number of hydrogen-bond donors (Lipinski definition) is 2. The number of ether oxygens (including phenoxy) is 1. The van der Waals surface area contributed by atoms with E-state index in [-0.39, 0.29) is 12.5 Å². The minimum absolute atomic E-state index is 0.0418. The van der Waals surface area contributed by atoms with E-state index in [0.717, 1.165) is 43.6 Å². The number of rotatable bonds is 13. The molecule has 0 bridgehead atoms. The number of aryl methyl sites for hydroxylation is 1. The Morgan fingerprint density at radius 3 is 2.25 bits per heavy atom. The van der Waals surface area contributed by atoms with Gasteiger partial charge in [-0.2, -0.15) is 0 Å². The highest BCUT2D eigenvalue weighted by Gasteiger charge is 2.04. The molecule has 1 amide bonds. The first kappa shape index (κ1) is 23.7. The molecule has 0 aromatic heterocycles. The summed E-state index contributed by atoms with van der Waals surface area (Å²) < 4.78 is 5.60. The summed E-state index contributed by atoms with van der Waals surface area (Å²) in [5.74, 6) is -0.142. The van der Waals surface area contributed by atoms with Crippen LogP contribution in [-0.4, -0.2) is 25.6 Å². The molecule has 4 nitrogen and oxygen atoms in total. The van der Waals surface area contributed by atoms with E-state index >= 15 is 0 Å². The molecule has 0 aliphatic rings. The van der Waals surface area contributed by atoms with E-state index in [9.17, 15) is 4.79 Å². The Kier molecular flexibility index (Phi) is 9.97. The standard InChI is InChI=1S/C28H34N2O2/c1-2-9-25-12-6-7-13-26(25)17-19-29-18-16-23-10-8-11-24(20-23)21-32-22-28(31)30-27-14-4-3-5-15-27/h3-8,10-15,20,29H,2,9,16-19,21-22H2,1H3,(H,30,31). The predicted molar refractivity (Wildman–Crippen MR) is 132 cm³/mol. The lowest BCUT2D eigenvalue weighted by Gasteiger charge is -2.10. The molecular weight excluding hydrogens is 396 g/mol. The highest BCUT2D eigenvalue weighted by molar-refractivity contribution is 5.91. The first-order valence-electron chi connectivity index (χ1n) is 11.5. The minimum atomic E-state index is -0.142. The fourth-order valence-corrected chi connectivity index (χ4v) is 3.75. The molecule has 0 radical (unpaired) electrons. The van der Waals surface area contributed by atoms with Crippen LogP contribution >= 0.6 is 0 Å². The Morgan fingerprint density at radius 1 is 0.781 bits per heavy atom. The topological polar surface area (TPSA) is 50.4 Å². The maximum atomic E-state index is 12.0. The third-order valence-electron chi connectivity index (χ3n) is 5.35. The number of nitrogens with one attached hydrogen (secondary N) is 2. The molecule has 0 heterocycles. The quantitative estimate of drug-likeness (QED) is 0.368. The first-order valence-corrected chi connectivity index (χ1v) is 11.5. The number of para-hydroxylation sites is 1. The molecule has 3 aromatic carbocycles. The lowest BCUT2D eigenvalue weighted by atomic mass is 10.0.